The molecule has 25 heavy (non-hydrogen) atoms. The number of carbonyl (C=O) groups excluding carboxylic acids is 1. The summed E-state index contributed by atoms with van der Waals surface area (Å²) in [4.78, 5) is 12.5. The summed E-state index contributed by atoms with van der Waals surface area (Å²) in [5.74, 6) is 1.32. The normalized spacial score (nSPS) is 13.1. The first-order chi connectivity index (χ1) is 11.8. The van der Waals surface area contributed by atoms with Gasteiger partial charge in [0, 0.05) is 5.56 Å². The van der Waals surface area contributed by atoms with Gasteiger partial charge in [0.05, 0.1) is 11.4 Å². The topological polar surface area (TPSA) is 88.6 Å². The van der Waals surface area contributed by atoms with Crippen LogP contribution in [0.2, 0.25) is 0 Å². The summed E-state index contributed by atoms with van der Waals surface area (Å²) in [5.41, 5.74) is 8.13. The zero-order chi connectivity index (χ0) is 18.2. The third-order valence-corrected chi connectivity index (χ3v) is 3.72. The summed E-state index contributed by atoms with van der Waals surface area (Å²) in [6.45, 7) is 7.66. The summed E-state index contributed by atoms with van der Waals surface area (Å²) < 4.78 is 17.5. The van der Waals surface area contributed by atoms with Crippen molar-refractivity contribution in [2.24, 2.45) is 0 Å². The van der Waals surface area contributed by atoms with Gasteiger partial charge in [-0.15, -0.1) is 0 Å². The van der Waals surface area contributed by atoms with Crippen LogP contribution < -0.4 is 15.2 Å². The van der Waals surface area contributed by atoms with Gasteiger partial charge in [-0.2, -0.15) is 9.78 Å². The van der Waals surface area contributed by atoms with Gasteiger partial charge in [-0.1, -0.05) is 13.3 Å². The van der Waals surface area contributed by atoms with E-state index in [1.54, 1.807) is 0 Å². The summed E-state index contributed by atoms with van der Waals surface area (Å²) in [5, 5.41) is 4.43. The van der Waals surface area contributed by atoms with E-state index >= 15 is 0 Å². The van der Waals surface area contributed by atoms with E-state index in [0.717, 1.165) is 12.0 Å². The number of hydrogen-bond acceptors (Lipinski definition) is 6. The summed E-state index contributed by atoms with van der Waals surface area (Å²) in [7, 11) is 0. The van der Waals surface area contributed by atoms with Crippen molar-refractivity contribution in [1.82, 2.24) is 9.78 Å². The van der Waals surface area contributed by atoms with Gasteiger partial charge in [0.15, 0.2) is 11.5 Å². The van der Waals surface area contributed by atoms with Crippen molar-refractivity contribution in [2.75, 3.05) is 12.5 Å². The van der Waals surface area contributed by atoms with Crippen LogP contribution in [-0.4, -0.2) is 28.3 Å². The molecule has 134 valence electrons. The Hall–Kier alpha value is -2.70. The molecule has 7 nitrogen and oxygen atoms in total. The minimum atomic E-state index is -0.611. The van der Waals surface area contributed by atoms with Crippen LogP contribution in [0.3, 0.4) is 0 Å². The smallest absolute Gasteiger partial charge is 0.435 e. The van der Waals surface area contributed by atoms with Crippen LogP contribution in [0.5, 0.6) is 11.5 Å². The van der Waals surface area contributed by atoms with E-state index in [4.69, 9.17) is 19.9 Å². The standard InChI is InChI=1S/C18H23N3O4/c1-5-6-12-15(19)16(20-21(12)17(22)25-18(2,3)4)11-7-8-13-14(9-11)24-10-23-13/h7-9H,5-6,10,19H2,1-4H3. The zero-order valence-corrected chi connectivity index (χ0v) is 15.0. The molecule has 0 amide bonds. The van der Waals surface area contributed by atoms with E-state index in [1.165, 1.54) is 4.68 Å². The van der Waals surface area contributed by atoms with E-state index in [1.807, 2.05) is 45.9 Å². The highest BCUT2D eigenvalue weighted by molar-refractivity contribution is 5.81. The fourth-order valence-corrected chi connectivity index (χ4v) is 2.66. The maximum atomic E-state index is 12.5. The highest BCUT2D eigenvalue weighted by Crippen LogP contribution is 2.38. The van der Waals surface area contributed by atoms with Crippen molar-refractivity contribution in [3.63, 3.8) is 0 Å². The fraction of sp³-hybridized carbons (Fsp3) is 0.444. The Morgan fingerprint density at radius 2 is 2.04 bits per heavy atom. The SMILES string of the molecule is CCCc1c(N)c(-c2ccc3c(c2)OCO3)nn1C(=O)OC(C)(C)C. The number of nitrogens with two attached hydrogens (primary N) is 1. The molecule has 2 aromatic rings. The third kappa shape index (κ3) is 3.40. The quantitative estimate of drug-likeness (QED) is 0.914. The molecule has 1 aromatic carbocycles. The van der Waals surface area contributed by atoms with Crippen molar-refractivity contribution in [1.29, 1.82) is 0 Å². The molecular formula is C18H23N3O4. The first-order valence-corrected chi connectivity index (χ1v) is 8.31. The highest BCUT2D eigenvalue weighted by atomic mass is 16.7. The average molecular weight is 345 g/mol. The molecule has 0 saturated heterocycles. The maximum Gasteiger partial charge on any atom is 0.435 e. The van der Waals surface area contributed by atoms with Gasteiger partial charge in [-0.25, -0.2) is 4.79 Å². The Bertz CT molecular complexity index is 805. The number of rotatable bonds is 3. The highest BCUT2D eigenvalue weighted by Gasteiger charge is 2.25. The second-order valence-electron chi connectivity index (χ2n) is 6.92. The maximum absolute atomic E-state index is 12.5. The molecule has 0 spiro atoms. The van der Waals surface area contributed by atoms with E-state index < -0.39 is 11.7 Å². The largest absolute Gasteiger partial charge is 0.454 e. The molecule has 0 saturated carbocycles. The van der Waals surface area contributed by atoms with Crippen molar-refractivity contribution >= 4 is 11.8 Å². The van der Waals surface area contributed by atoms with E-state index in [0.29, 0.717) is 35.0 Å². The number of aromatic nitrogens is 2. The molecule has 2 heterocycles. The van der Waals surface area contributed by atoms with Crippen molar-refractivity contribution in [2.45, 2.75) is 46.1 Å². The van der Waals surface area contributed by atoms with Crippen LogP contribution in [0.15, 0.2) is 18.2 Å². The van der Waals surface area contributed by atoms with Crippen LogP contribution in [0.4, 0.5) is 10.5 Å². The van der Waals surface area contributed by atoms with Crippen LogP contribution in [0.1, 0.15) is 39.8 Å². The summed E-state index contributed by atoms with van der Waals surface area (Å²) in [6.07, 6.45) is 0.927. The fourth-order valence-electron chi connectivity index (χ4n) is 2.66. The second kappa shape index (κ2) is 6.31. The Balaban J connectivity index is 2.03. The Morgan fingerprint density at radius 1 is 1.32 bits per heavy atom. The molecule has 0 aliphatic carbocycles. The molecule has 0 unspecified atom stereocenters. The molecule has 3 rings (SSSR count). The molecule has 1 aliphatic heterocycles. The minimum absolute atomic E-state index is 0.196. The van der Waals surface area contributed by atoms with Gasteiger partial charge in [0.1, 0.15) is 11.3 Å². The van der Waals surface area contributed by atoms with Crippen LogP contribution in [0.25, 0.3) is 11.3 Å². The number of benzene rings is 1. The number of hydrogen-bond donors (Lipinski definition) is 1. The first kappa shape index (κ1) is 17.1. The molecule has 0 radical (unpaired) electrons. The van der Waals surface area contributed by atoms with E-state index in [2.05, 4.69) is 5.10 Å². The number of nitrogens with zero attached hydrogens (tertiary/aromatic N) is 2. The van der Waals surface area contributed by atoms with Crippen molar-refractivity contribution < 1.29 is 19.0 Å². The zero-order valence-electron chi connectivity index (χ0n) is 15.0. The van der Waals surface area contributed by atoms with Gasteiger partial charge in [-0.3, -0.25) is 0 Å². The number of ether oxygens (including phenoxy) is 3. The molecule has 0 fully saturated rings. The molecular weight excluding hydrogens is 322 g/mol. The van der Waals surface area contributed by atoms with Crippen molar-refractivity contribution in [3.05, 3.63) is 23.9 Å². The minimum Gasteiger partial charge on any atom is -0.454 e. The lowest BCUT2D eigenvalue weighted by Crippen LogP contribution is -2.28. The lowest BCUT2D eigenvalue weighted by molar-refractivity contribution is 0.0510. The Morgan fingerprint density at radius 3 is 2.72 bits per heavy atom. The summed E-state index contributed by atoms with van der Waals surface area (Å²) in [6, 6.07) is 5.47. The monoisotopic (exact) mass is 345 g/mol. The predicted molar refractivity (Wildman–Crippen MR) is 93.8 cm³/mol. The lowest BCUT2D eigenvalue weighted by Gasteiger charge is -2.19. The number of anilines is 1. The van der Waals surface area contributed by atoms with Crippen LogP contribution in [0, 0.1) is 0 Å². The Labute approximate surface area is 146 Å². The predicted octanol–water partition coefficient (Wildman–Crippen LogP) is 3.60. The van der Waals surface area contributed by atoms with Crippen molar-refractivity contribution in [3.8, 4) is 22.8 Å². The molecule has 1 aromatic heterocycles. The number of carbonyl (C=O) groups is 1. The van der Waals surface area contributed by atoms with E-state index in [9.17, 15) is 4.79 Å². The molecule has 7 heteroatoms. The lowest BCUT2D eigenvalue weighted by atomic mass is 10.1. The van der Waals surface area contributed by atoms with Crippen LogP contribution in [-0.2, 0) is 11.2 Å². The molecule has 0 bridgehead atoms. The van der Waals surface area contributed by atoms with Gasteiger partial charge >= 0.3 is 6.09 Å². The number of nitrogen functional groups attached to an aromatic ring is 1. The third-order valence-electron chi connectivity index (χ3n) is 3.72. The Kier molecular flexibility index (Phi) is 4.32. The van der Waals surface area contributed by atoms with Gasteiger partial charge < -0.3 is 19.9 Å². The molecule has 1 aliphatic rings. The second-order valence-corrected chi connectivity index (χ2v) is 6.92. The van der Waals surface area contributed by atoms with E-state index in [-0.39, 0.29) is 6.79 Å². The van der Waals surface area contributed by atoms with Gasteiger partial charge in [0.2, 0.25) is 6.79 Å². The van der Waals surface area contributed by atoms with Crippen LogP contribution >= 0.6 is 0 Å². The number of fused-ring (bicyclic) bond motifs is 1. The van der Waals surface area contributed by atoms with Gasteiger partial charge in [-0.05, 0) is 45.4 Å². The average Bonchev–Trinajstić information content (AvgIpc) is 3.11. The molecule has 0 atom stereocenters. The van der Waals surface area contributed by atoms with Gasteiger partial charge in [0.25, 0.3) is 0 Å². The summed E-state index contributed by atoms with van der Waals surface area (Å²) >= 11 is 0. The first-order valence-electron chi connectivity index (χ1n) is 8.31. The molecule has 2 N–H and O–H groups in total.